The predicted octanol–water partition coefficient (Wildman–Crippen LogP) is 3.83. The Morgan fingerprint density at radius 3 is 2.20 bits per heavy atom. The average Bonchev–Trinajstić information content (AvgIpc) is 3.01. The summed E-state index contributed by atoms with van der Waals surface area (Å²) in [5.41, 5.74) is 9.89. The highest BCUT2D eigenvalue weighted by atomic mass is 19.3. The summed E-state index contributed by atoms with van der Waals surface area (Å²) in [5.74, 6) is -0.0104. The number of unbranched alkanes of at least 4 members (excludes halogenated alkanes) is 2. The van der Waals surface area contributed by atoms with Gasteiger partial charge in [-0.05, 0) is 35.1 Å². The molecular formula is C24H31F2N3O. The molecule has 0 aliphatic heterocycles. The molecule has 0 radical (unpaired) electrons. The maximum Gasteiger partial charge on any atom is 0.250 e. The SMILES string of the molecule is NCCC(=O)NCCCCCC1(CNCC(F)F)c2ccccc2-c2ccccc21. The fourth-order valence-corrected chi connectivity index (χ4v) is 4.53. The summed E-state index contributed by atoms with van der Waals surface area (Å²) in [6.45, 7) is 1.18. The van der Waals surface area contributed by atoms with Crippen LogP contribution in [-0.4, -0.2) is 38.5 Å². The van der Waals surface area contributed by atoms with Crippen LogP contribution in [0.15, 0.2) is 48.5 Å². The maximum atomic E-state index is 12.8. The van der Waals surface area contributed by atoms with E-state index in [9.17, 15) is 13.6 Å². The number of benzene rings is 2. The van der Waals surface area contributed by atoms with Crippen LogP contribution in [-0.2, 0) is 10.2 Å². The van der Waals surface area contributed by atoms with Gasteiger partial charge in [-0.25, -0.2) is 8.78 Å². The Morgan fingerprint density at radius 2 is 1.60 bits per heavy atom. The quantitative estimate of drug-likeness (QED) is 0.462. The first-order valence-electron chi connectivity index (χ1n) is 10.7. The number of nitrogens with one attached hydrogen (secondary N) is 2. The normalized spacial score (nSPS) is 13.9. The van der Waals surface area contributed by atoms with Crippen LogP contribution >= 0.6 is 0 Å². The van der Waals surface area contributed by atoms with Gasteiger partial charge in [0.2, 0.25) is 5.91 Å². The standard InChI is InChI=1S/C24H31F2N3O/c25-22(26)16-28-17-24(13-6-1-7-15-29-23(30)12-14-27)20-10-4-2-8-18(20)19-9-3-5-11-21(19)24/h2-5,8-11,22,28H,1,6-7,12-17,27H2,(H,29,30). The minimum atomic E-state index is -2.37. The molecule has 2 aromatic rings. The van der Waals surface area contributed by atoms with Gasteiger partial charge in [-0.3, -0.25) is 4.79 Å². The second kappa shape index (κ2) is 10.6. The highest BCUT2D eigenvalue weighted by molar-refractivity contribution is 5.81. The molecule has 0 spiro atoms. The zero-order valence-electron chi connectivity index (χ0n) is 17.3. The van der Waals surface area contributed by atoms with Gasteiger partial charge in [-0.1, -0.05) is 61.4 Å². The topological polar surface area (TPSA) is 67.2 Å². The van der Waals surface area contributed by atoms with E-state index in [0.717, 1.165) is 25.7 Å². The van der Waals surface area contributed by atoms with Crippen molar-refractivity contribution in [2.45, 2.75) is 43.9 Å². The average molecular weight is 416 g/mol. The number of fused-ring (bicyclic) bond motifs is 3. The van der Waals surface area contributed by atoms with Crippen molar-refractivity contribution in [3.63, 3.8) is 0 Å². The van der Waals surface area contributed by atoms with E-state index in [1.165, 1.54) is 22.3 Å². The Morgan fingerprint density at radius 1 is 0.967 bits per heavy atom. The number of hydrogen-bond donors (Lipinski definition) is 3. The zero-order chi connectivity index (χ0) is 21.4. The smallest absolute Gasteiger partial charge is 0.250 e. The molecule has 4 N–H and O–H groups in total. The van der Waals surface area contributed by atoms with Crippen molar-refractivity contribution >= 4 is 5.91 Å². The number of halogens is 2. The fourth-order valence-electron chi connectivity index (χ4n) is 4.53. The molecule has 3 rings (SSSR count). The largest absolute Gasteiger partial charge is 0.356 e. The zero-order valence-corrected chi connectivity index (χ0v) is 17.3. The van der Waals surface area contributed by atoms with Gasteiger partial charge in [0.25, 0.3) is 6.43 Å². The lowest BCUT2D eigenvalue weighted by Gasteiger charge is -2.33. The number of hydrogen-bond acceptors (Lipinski definition) is 3. The van der Waals surface area contributed by atoms with Crippen LogP contribution in [0.2, 0.25) is 0 Å². The number of carbonyl (C=O) groups is 1. The molecule has 1 aliphatic carbocycles. The molecule has 1 amide bonds. The number of carbonyl (C=O) groups excluding carboxylic acids is 1. The van der Waals surface area contributed by atoms with E-state index >= 15 is 0 Å². The van der Waals surface area contributed by atoms with E-state index in [2.05, 4.69) is 34.9 Å². The predicted molar refractivity (Wildman–Crippen MR) is 117 cm³/mol. The van der Waals surface area contributed by atoms with E-state index in [1.54, 1.807) is 0 Å². The van der Waals surface area contributed by atoms with Crippen LogP contribution in [0.1, 0.15) is 43.2 Å². The Labute approximate surface area is 177 Å². The van der Waals surface area contributed by atoms with Crippen LogP contribution in [0.4, 0.5) is 8.78 Å². The Balaban J connectivity index is 1.72. The molecular weight excluding hydrogens is 384 g/mol. The summed E-state index contributed by atoms with van der Waals surface area (Å²) in [7, 11) is 0. The Bertz CT molecular complexity index is 795. The molecule has 162 valence electrons. The number of nitrogens with two attached hydrogens (primary N) is 1. The summed E-state index contributed by atoms with van der Waals surface area (Å²) in [4.78, 5) is 11.5. The first-order valence-corrected chi connectivity index (χ1v) is 10.7. The van der Waals surface area contributed by atoms with Crippen LogP contribution in [0.5, 0.6) is 0 Å². The molecule has 0 aromatic heterocycles. The third kappa shape index (κ3) is 5.05. The molecule has 0 unspecified atom stereocenters. The van der Waals surface area contributed by atoms with Crippen molar-refractivity contribution in [3.8, 4) is 11.1 Å². The van der Waals surface area contributed by atoms with Gasteiger partial charge >= 0.3 is 0 Å². The number of amides is 1. The van der Waals surface area contributed by atoms with Gasteiger partial charge in [0, 0.05) is 31.5 Å². The second-order valence-corrected chi connectivity index (χ2v) is 7.89. The third-order valence-corrected chi connectivity index (χ3v) is 5.87. The lowest BCUT2D eigenvalue weighted by Crippen LogP contribution is -2.39. The molecule has 4 nitrogen and oxygen atoms in total. The van der Waals surface area contributed by atoms with Crippen LogP contribution < -0.4 is 16.4 Å². The molecule has 1 aliphatic rings. The summed E-state index contributed by atoms with van der Waals surface area (Å²) >= 11 is 0. The highest BCUT2D eigenvalue weighted by Gasteiger charge is 2.42. The van der Waals surface area contributed by atoms with Crippen LogP contribution in [0.3, 0.4) is 0 Å². The van der Waals surface area contributed by atoms with Gasteiger partial charge in [-0.2, -0.15) is 0 Å². The molecule has 30 heavy (non-hydrogen) atoms. The minimum absolute atomic E-state index is 0.0104. The molecule has 0 saturated carbocycles. The summed E-state index contributed by atoms with van der Waals surface area (Å²) in [5, 5.41) is 5.90. The fraction of sp³-hybridized carbons (Fsp3) is 0.458. The number of rotatable bonds is 12. The second-order valence-electron chi connectivity index (χ2n) is 7.89. The highest BCUT2D eigenvalue weighted by Crippen LogP contribution is 2.51. The third-order valence-electron chi connectivity index (χ3n) is 5.87. The van der Waals surface area contributed by atoms with Gasteiger partial charge < -0.3 is 16.4 Å². The molecule has 0 atom stereocenters. The van der Waals surface area contributed by atoms with Gasteiger partial charge in [0.05, 0.1) is 6.54 Å². The van der Waals surface area contributed by atoms with Crippen molar-refractivity contribution in [3.05, 3.63) is 59.7 Å². The van der Waals surface area contributed by atoms with Gasteiger partial charge in [0.1, 0.15) is 0 Å². The van der Waals surface area contributed by atoms with Crippen LogP contribution in [0, 0.1) is 0 Å². The summed E-state index contributed by atoms with van der Waals surface area (Å²) < 4.78 is 25.7. The van der Waals surface area contributed by atoms with Crippen molar-refractivity contribution in [1.29, 1.82) is 0 Å². The van der Waals surface area contributed by atoms with E-state index in [-0.39, 0.29) is 17.9 Å². The first-order chi connectivity index (χ1) is 14.6. The van der Waals surface area contributed by atoms with E-state index < -0.39 is 6.43 Å². The molecule has 2 aromatic carbocycles. The van der Waals surface area contributed by atoms with Gasteiger partial charge in [-0.15, -0.1) is 0 Å². The van der Waals surface area contributed by atoms with Crippen molar-refractivity contribution in [1.82, 2.24) is 10.6 Å². The van der Waals surface area contributed by atoms with E-state index in [0.29, 0.717) is 26.1 Å². The monoisotopic (exact) mass is 415 g/mol. The lowest BCUT2D eigenvalue weighted by molar-refractivity contribution is -0.120. The molecule has 0 fully saturated rings. The first kappa shape index (κ1) is 22.4. The molecule has 6 heteroatoms. The van der Waals surface area contributed by atoms with Crippen molar-refractivity contribution in [2.75, 3.05) is 26.2 Å². The van der Waals surface area contributed by atoms with Crippen LogP contribution in [0.25, 0.3) is 11.1 Å². The molecule has 0 saturated heterocycles. The van der Waals surface area contributed by atoms with Crippen molar-refractivity contribution in [2.24, 2.45) is 5.73 Å². The summed E-state index contributed by atoms with van der Waals surface area (Å²) in [6.07, 6.45) is 1.65. The summed E-state index contributed by atoms with van der Waals surface area (Å²) in [6, 6.07) is 16.6. The van der Waals surface area contributed by atoms with Gasteiger partial charge in [0.15, 0.2) is 0 Å². The van der Waals surface area contributed by atoms with E-state index in [4.69, 9.17) is 5.73 Å². The number of alkyl halides is 2. The lowest BCUT2D eigenvalue weighted by atomic mass is 9.74. The van der Waals surface area contributed by atoms with E-state index in [1.807, 2.05) is 24.3 Å². The maximum absolute atomic E-state index is 12.8. The van der Waals surface area contributed by atoms with Crippen molar-refractivity contribution < 1.29 is 13.6 Å². The Kier molecular flexibility index (Phi) is 7.94. The molecule has 0 heterocycles. The minimum Gasteiger partial charge on any atom is -0.356 e. The Hall–Kier alpha value is -2.31. The molecule has 0 bridgehead atoms.